The summed E-state index contributed by atoms with van der Waals surface area (Å²) in [5.74, 6) is -1.38. The van der Waals surface area contributed by atoms with Crippen LogP contribution < -0.4 is 4.74 Å². The SMILES string of the molecule is COc1ccc(/C(O)=C2/C(=O)C(=O)N(Cc3ccc(F)cc3)C2c2cccs2)cc1C(C)(C)C. The summed E-state index contributed by atoms with van der Waals surface area (Å²) in [6.45, 7) is 6.20. The summed E-state index contributed by atoms with van der Waals surface area (Å²) in [5, 5.41) is 13.2. The van der Waals surface area contributed by atoms with E-state index in [0.29, 0.717) is 16.9 Å². The molecule has 0 radical (unpaired) electrons. The first-order valence-electron chi connectivity index (χ1n) is 10.9. The van der Waals surface area contributed by atoms with Gasteiger partial charge in [-0.15, -0.1) is 11.3 Å². The predicted octanol–water partition coefficient (Wildman–Crippen LogP) is 5.82. The number of likely N-dealkylation sites (tertiary alicyclic amines) is 1. The smallest absolute Gasteiger partial charge is 0.295 e. The van der Waals surface area contributed by atoms with Crippen molar-refractivity contribution in [2.24, 2.45) is 0 Å². The van der Waals surface area contributed by atoms with E-state index in [-0.39, 0.29) is 29.1 Å². The summed E-state index contributed by atoms with van der Waals surface area (Å²) in [5.41, 5.74) is 1.76. The molecule has 0 bridgehead atoms. The van der Waals surface area contributed by atoms with Gasteiger partial charge in [0, 0.05) is 22.5 Å². The lowest BCUT2D eigenvalue weighted by atomic mass is 9.84. The van der Waals surface area contributed by atoms with Gasteiger partial charge >= 0.3 is 0 Å². The quantitative estimate of drug-likeness (QED) is 0.285. The number of hydrogen-bond acceptors (Lipinski definition) is 5. The summed E-state index contributed by atoms with van der Waals surface area (Å²) in [7, 11) is 1.59. The molecule has 1 saturated heterocycles. The number of aliphatic hydroxyl groups is 1. The lowest BCUT2D eigenvalue weighted by Gasteiger charge is -2.25. The second kappa shape index (κ2) is 9.06. The molecule has 1 fully saturated rings. The van der Waals surface area contributed by atoms with Crippen molar-refractivity contribution in [1.29, 1.82) is 0 Å². The summed E-state index contributed by atoms with van der Waals surface area (Å²) < 4.78 is 18.9. The molecule has 1 amide bonds. The number of carbonyl (C=O) groups is 2. The van der Waals surface area contributed by atoms with Crippen LogP contribution in [-0.2, 0) is 21.5 Å². The van der Waals surface area contributed by atoms with Gasteiger partial charge in [0.2, 0.25) is 0 Å². The fraction of sp³-hybridized carbons (Fsp3) is 0.259. The third-order valence-electron chi connectivity index (χ3n) is 5.90. The molecule has 4 rings (SSSR count). The fourth-order valence-corrected chi connectivity index (χ4v) is 5.01. The van der Waals surface area contributed by atoms with Crippen molar-refractivity contribution in [3.8, 4) is 5.75 Å². The Morgan fingerprint density at radius 2 is 1.82 bits per heavy atom. The average Bonchev–Trinajstić information content (AvgIpc) is 3.42. The van der Waals surface area contributed by atoms with Crippen molar-refractivity contribution in [3.63, 3.8) is 0 Å². The van der Waals surface area contributed by atoms with Gasteiger partial charge in [0.1, 0.15) is 17.3 Å². The Balaban J connectivity index is 1.84. The summed E-state index contributed by atoms with van der Waals surface area (Å²) in [4.78, 5) is 28.5. The molecule has 2 heterocycles. The number of rotatable bonds is 5. The van der Waals surface area contributed by atoms with Crippen LogP contribution in [0.4, 0.5) is 4.39 Å². The molecule has 1 aliphatic heterocycles. The summed E-state index contributed by atoms with van der Waals surface area (Å²) in [6.07, 6.45) is 0. The van der Waals surface area contributed by atoms with E-state index in [0.717, 1.165) is 10.4 Å². The Hall–Kier alpha value is -3.45. The van der Waals surface area contributed by atoms with Gasteiger partial charge in [-0.25, -0.2) is 4.39 Å². The first-order valence-corrected chi connectivity index (χ1v) is 11.7. The fourth-order valence-electron chi connectivity index (χ4n) is 4.17. The second-order valence-corrected chi connectivity index (χ2v) is 10.2. The Labute approximate surface area is 202 Å². The largest absolute Gasteiger partial charge is 0.507 e. The topological polar surface area (TPSA) is 66.8 Å². The minimum Gasteiger partial charge on any atom is -0.507 e. The van der Waals surface area contributed by atoms with Crippen molar-refractivity contribution in [3.05, 3.63) is 92.9 Å². The van der Waals surface area contributed by atoms with Gasteiger partial charge in [0.25, 0.3) is 11.7 Å². The van der Waals surface area contributed by atoms with E-state index < -0.39 is 17.7 Å². The van der Waals surface area contributed by atoms with E-state index in [1.165, 1.54) is 28.4 Å². The minimum absolute atomic E-state index is 0.0413. The van der Waals surface area contributed by atoms with Crippen LogP contribution in [0.1, 0.15) is 48.4 Å². The highest BCUT2D eigenvalue weighted by Crippen LogP contribution is 2.43. The summed E-state index contributed by atoms with van der Waals surface area (Å²) >= 11 is 1.40. The Morgan fingerprint density at radius 1 is 1.12 bits per heavy atom. The maximum Gasteiger partial charge on any atom is 0.295 e. The zero-order chi connectivity index (χ0) is 24.6. The molecular formula is C27H26FNO4S. The number of ketones is 1. The molecule has 3 aromatic rings. The van der Waals surface area contributed by atoms with Gasteiger partial charge in [0.15, 0.2) is 0 Å². The Kier molecular flexibility index (Phi) is 6.32. The molecule has 2 aromatic carbocycles. The minimum atomic E-state index is -0.745. The van der Waals surface area contributed by atoms with E-state index >= 15 is 0 Å². The molecular weight excluding hydrogens is 453 g/mol. The molecule has 1 aromatic heterocycles. The average molecular weight is 480 g/mol. The lowest BCUT2D eigenvalue weighted by Crippen LogP contribution is -2.28. The molecule has 0 saturated carbocycles. The monoisotopic (exact) mass is 479 g/mol. The van der Waals surface area contributed by atoms with Crippen LogP contribution in [0.3, 0.4) is 0 Å². The lowest BCUT2D eigenvalue weighted by molar-refractivity contribution is -0.140. The Morgan fingerprint density at radius 3 is 2.41 bits per heavy atom. The molecule has 176 valence electrons. The Bertz CT molecular complexity index is 1260. The van der Waals surface area contributed by atoms with Crippen LogP contribution in [0.15, 0.2) is 65.6 Å². The number of methoxy groups -OCH3 is 1. The standard InChI is InChI=1S/C27H26FNO4S/c1-27(2,3)19-14-17(9-12-20(19)33-4)24(30)22-23(21-6-5-13-34-21)29(26(32)25(22)31)15-16-7-10-18(28)11-8-16/h5-14,23,30H,15H2,1-4H3/b24-22-. The van der Waals surface area contributed by atoms with Crippen LogP contribution in [0.2, 0.25) is 0 Å². The van der Waals surface area contributed by atoms with Crippen LogP contribution in [0.5, 0.6) is 5.75 Å². The van der Waals surface area contributed by atoms with Gasteiger partial charge in [-0.3, -0.25) is 9.59 Å². The molecule has 1 N–H and O–H groups in total. The number of carbonyl (C=O) groups excluding carboxylic acids is 2. The summed E-state index contributed by atoms with van der Waals surface area (Å²) in [6, 6.07) is 14.0. The number of benzene rings is 2. The third kappa shape index (κ3) is 4.35. The van der Waals surface area contributed by atoms with Gasteiger partial charge in [-0.2, -0.15) is 0 Å². The van der Waals surface area contributed by atoms with Gasteiger partial charge < -0.3 is 14.7 Å². The number of Topliss-reactive ketones (excluding diaryl/α,β-unsaturated/α-hetero) is 1. The first-order chi connectivity index (χ1) is 16.1. The molecule has 7 heteroatoms. The molecule has 0 spiro atoms. The number of thiophene rings is 1. The van der Waals surface area contributed by atoms with Crippen LogP contribution in [0.25, 0.3) is 5.76 Å². The number of halogens is 1. The van der Waals surface area contributed by atoms with Crippen LogP contribution in [0, 0.1) is 5.82 Å². The molecule has 5 nitrogen and oxygen atoms in total. The van der Waals surface area contributed by atoms with Crippen molar-refractivity contribution in [1.82, 2.24) is 4.90 Å². The molecule has 0 aliphatic carbocycles. The normalized spacial score (nSPS) is 17.9. The zero-order valence-corrected chi connectivity index (χ0v) is 20.3. The van der Waals surface area contributed by atoms with E-state index in [4.69, 9.17) is 4.74 Å². The highest BCUT2D eigenvalue weighted by Gasteiger charge is 2.46. The second-order valence-electron chi connectivity index (χ2n) is 9.23. The first kappa shape index (κ1) is 23.7. The number of amides is 1. The van der Waals surface area contributed by atoms with Crippen LogP contribution >= 0.6 is 11.3 Å². The number of ether oxygens (including phenoxy) is 1. The van der Waals surface area contributed by atoms with Crippen molar-refractivity contribution in [2.75, 3.05) is 7.11 Å². The van der Waals surface area contributed by atoms with E-state index in [1.54, 1.807) is 37.4 Å². The van der Waals surface area contributed by atoms with Gasteiger partial charge in [0.05, 0.1) is 18.7 Å². The van der Waals surface area contributed by atoms with E-state index in [1.807, 2.05) is 38.3 Å². The van der Waals surface area contributed by atoms with Crippen molar-refractivity contribution >= 4 is 28.8 Å². The molecule has 1 unspecified atom stereocenters. The van der Waals surface area contributed by atoms with Gasteiger partial charge in [-0.1, -0.05) is 39.0 Å². The molecule has 1 aliphatic rings. The van der Waals surface area contributed by atoms with E-state index in [9.17, 15) is 19.1 Å². The molecule has 34 heavy (non-hydrogen) atoms. The van der Waals surface area contributed by atoms with Crippen molar-refractivity contribution in [2.45, 2.75) is 38.8 Å². The maximum atomic E-state index is 13.4. The van der Waals surface area contributed by atoms with Gasteiger partial charge in [-0.05, 0) is 52.8 Å². The number of aliphatic hydroxyl groups excluding tert-OH is 1. The van der Waals surface area contributed by atoms with Crippen LogP contribution in [-0.4, -0.2) is 28.8 Å². The zero-order valence-electron chi connectivity index (χ0n) is 19.5. The number of hydrogen-bond donors (Lipinski definition) is 1. The number of nitrogens with zero attached hydrogens (tertiary/aromatic N) is 1. The predicted molar refractivity (Wildman–Crippen MR) is 130 cm³/mol. The van der Waals surface area contributed by atoms with Crippen molar-refractivity contribution < 1.29 is 23.8 Å². The molecule has 1 atom stereocenters. The highest BCUT2D eigenvalue weighted by atomic mass is 32.1. The van der Waals surface area contributed by atoms with E-state index in [2.05, 4.69) is 0 Å². The third-order valence-corrected chi connectivity index (χ3v) is 6.82. The maximum absolute atomic E-state index is 13.4. The highest BCUT2D eigenvalue weighted by molar-refractivity contribution is 7.10.